The molecule has 0 unspecified atom stereocenters. The minimum Gasteiger partial charge on any atom is -0.238 e. The predicted molar refractivity (Wildman–Crippen MR) is 191 cm³/mol. The van der Waals surface area contributed by atoms with E-state index in [0.717, 1.165) is 33.4 Å². The van der Waals surface area contributed by atoms with E-state index in [0.29, 0.717) is 23.2 Å². The molecule has 222 valence electrons. The van der Waals surface area contributed by atoms with E-state index < -0.39 is 0 Å². The Morgan fingerprint density at radius 3 is 1.49 bits per heavy atom. The minimum atomic E-state index is -0.144. The van der Waals surface area contributed by atoms with Crippen LogP contribution in [0.5, 0.6) is 0 Å². The molecule has 1 aromatic heterocycles. The molecule has 0 N–H and O–H groups in total. The monoisotopic (exact) mass is 602 g/mol. The van der Waals surface area contributed by atoms with Crippen molar-refractivity contribution in [2.45, 2.75) is 19.3 Å². The van der Waals surface area contributed by atoms with Gasteiger partial charge in [0.2, 0.25) is 0 Å². The van der Waals surface area contributed by atoms with Crippen LogP contribution in [0.1, 0.15) is 25.0 Å². The molecule has 7 aromatic rings. The molecule has 0 radical (unpaired) electrons. The summed E-state index contributed by atoms with van der Waals surface area (Å²) in [4.78, 5) is 18.4. The van der Waals surface area contributed by atoms with Crippen LogP contribution in [0.3, 0.4) is 0 Å². The number of benzene rings is 6. The third-order valence-corrected chi connectivity index (χ3v) is 9.14. The molecule has 0 bridgehead atoms. The van der Waals surface area contributed by atoms with E-state index in [9.17, 15) is 0 Å². The van der Waals surface area contributed by atoms with E-state index in [-0.39, 0.29) is 5.41 Å². The highest BCUT2D eigenvalue weighted by Gasteiger charge is 2.35. The Morgan fingerprint density at radius 2 is 0.915 bits per heavy atom. The molecule has 1 aliphatic carbocycles. The van der Waals surface area contributed by atoms with E-state index in [1.54, 1.807) is 0 Å². The lowest BCUT2D eigenvalue weighted by atomic mass is 9.81. The number of aromatic nitrogens is 3. The minimum absolute atomic E-state index is 0.144. The lowest BCUT2D eigenvalue weighted by Gasteiger charge is -2.22. The first-order valence-electron chi connectivity index (χ1n) is 15.7. The summed E-state index contributed by atoms with van der Waals surface area (Å²) in [6.07, 6.45) is 0. The van der Waals surface area contributed by atoms with Crippen molar-refractivity contribution in [1.29, 1.82) is 0 Å². The molecule has 4 nitrogen and oxygen atoms in total. The van der Waals surface area contributed by atoms with E-state index in [4.69, 9.17) is 21.5 Å². The van der Waals surface area contributed by atoms with Crippen LogP contribution in [-0.2, 0) is 5.41 Å². The Balaban J connectivity index is 1.18. The van der Waals surface area contributed by atoms with Gasteiger partial charge in [-0.3, -0.25) is 0 Å². The van der Waals surface area contributed by atoms with Gasteiger partial charge in [-0.05, 0) is 68.8 Å². The number of fused-ring (bicyclic) bond motifs is 3. The van der Waals surface area contributed by atoms with Gasteiger partial charge in [0.1, 0.15) is 0 Å². The zero-order chi connectivity index (χ0) is 32.0. The van der Waals surface area contributed by atoms with Crippen LogP contribution in [0, 0.1) is 6.57 Å². The molecule has 0 aliphatic heterocycles. The van der Waals surface area contributed by atoms with Crippen LogP contribution in [0.25, 0.3) is 72.4 Å². The summed E-state index contributed by atoms with van der Waals surface area (Å²) in [5, 5.41) is 0. The quantitative estimate of drug-likeness (QED) is 0.184. The van der Waals surface area contributed by atoms with Crippen molar-refractivity contribution in [3.05, 3.63) is 168 Å². The fourth-order valence-electron chi connectivity index (χ4n) is 6.64. The summed E-state index contributed by atoms with van der Waals surface area (Å²) in [5.41, 5.74) is 12.8. The predicted octanol–water partition coefficient (Wildman–Crippen LogP) is 11.1. The maximum Gasteiger partial charge on any atom is 0.187 e. The van der Waals surface area contributed by atoms with Crippen LogP contribution in [0.4, 0.5) is 5.69 Å². The first kappa shape index (κ1) is 28.3. The average molecular weight is 603 g/mol. The van der Waals surface area contributed by atoms with E-state index in [1.165, 1.54) is 27.8 Å². The fourth-order valence-corrected chi connectivity index (χ4v) is 6.64. The highest BCUT2D eigenvalue weighted by Crippen LogP contribution is 2.50. The highest BCUT2D eigenvalue weighted by atomic mass is 15.0. The molecule has 0 atom stereocenters. The first-order valence-corrected chi connectivity index (χ1v) is 15.7. The van der Waals surface area contributed by atoms with Crippen LogP contribution >= 0.6 is 0 Å². The summed E-state index contributed by atoms with van der Waals surface area (Å²) in [7, 11) is 0. The van der Waals surface area contributed by atoms with Gasteiger partial charge in [-0.15, -0.1) is 0 Å². The van der Waals surface area contributed by atoms with Crippen molar-refractivity contribution in [3.63, 3.8) is 0 Å². The second-order valence-corrected chi connectivity index (χ2v) is 12.4. The lowest BCUT2D eigenvalue weighted by Crippen LogP contribution is -2.14. The van der Waals surface area contributed by atoms with Crippen LogP contribution in [0.15, 0.2) is 146 Å². The van der Waals surface area contributed by atoms with E-state index >= 15 is 0 Å². The van der Waals surface area contributed by atoms with Crippen molar-refractivity contribution in [1.82, 2.24) is 15.0 Å². The van der Waals surface area contributed by atoms with Crippen molar-refractivity contribution in [2.24, 2.45) is 0 Å². The van der Waals surface area contributed by atoms with E-state index in [1.807, 2.05) is 72.8 Å². The van der Waals surface area contributed by atoms with Crippen molar-refractivity contribution in [2.75, 3.05) is 0 Å². The molecule has 0 amide bonds. The van der Waals surface area contributed by atoms with E-state index in [2.05, 4.69) is 91.5 Å². The van der Waals surface area contributed by atoms with Gasteiger partial charge in [0.15, 0.2) is 23.2 Å². The molecule has 0 spiro atoms. The molecule has 0 fully saturated rings. The van der Waals surface area contributed by atoms with Crippen molar-refractivity contribution in [3.8, 4) is 67.5 Å². The number of hydrogen-bond donors (Lipinski definition) is 0. The largest absolute Gasteiger partial charge is 0.238 e. The Morgan fingerprint density at radius 1 is 0.426 bits per heavy atom. The highest BCUT2D eigenvalue weighted by molar-refractivity contribution is 5.86. The smallest absolute Gasteiger partial charge is 0.187 e. The molecule has 0 saturated heterocycles. The van der Waals surface area contributed by atoms with Gasteiger partial charge in [-0.1, -0.05) is 135 Å². The molecule has 1 heterocycles. The summed E-state index contributed by atoms with van der Waals surface area (Å²) in [6, 6.07) is 50.1. The van der Waals surface area contributed by atoms with Gasteiger partial charge < -0.3 is 0 Å². The van der Waals surface area contributed by atoms with Crippen LogP contribution < -0.4 is 0 Å². The summed E-state index contributed by atoms with van der Waals surface area (Å²) >= 11 is 0. The molecule has 8 rings (SSSR count). The number of nitrogens with zero attached hydrogens (tertiary/aromatic N) is 4. The number of rotatable bonds is 5. The molecule has 47 heavy (non-hydrogen) atoms. The zero-order valence-corrected chi connectivity index (χ0v) is 26.1. The Bertz CT molecular complexity index is 2280. The van der Waals surface area contributed by atoms with Crippen molar-refractivity contribution < 1.29 is 0 Å². The van der Waals surface area contributed by atoms with Crippen LogP contribution in [-0.4, -0.2) is 15.0 Å². The second kappa shape index (κ2) is 11.3. The third-order valence-electron chi connectivity index (χ3n) is 9.14. The Kier molecular flexibility index (Phi) is 6.82. The summed E-state index contributed by atoms with van der Waals surface area (Å²) in [5.74, 6) is 1.93. The second-order valence-electron chi connectivity index (χ2n) is 12.4. The average Bonchev–Trinajstić information content (AvgIpc) is 3.37. The maximum atomic E-state index is 7.49. The molecule has 0 saturated carbocycles. The molecular formula is C43H30N4. The normalized spacial score (nSPS) is 12.6. The Labute approximate surface area is 274 Å². The summed E-state index contributed by atoms with van der Waals surface area (Å²) in [6.45, 7) is 12.0. The van der Waals surface area contributed by atoms with Gasteiger partial charge >= 0.3 is 0 Å². The Hall–Kier alpha value is -6.18. The van der Waals surface area contributed by atoms with Crippen molar-refractivity contribution >= 4 is 5.69 Å². The van der Waals surface area contributed by atoms with Gasteiger partial charge in [-0.2, -0.15) is 0 Å². The SMILES string of the molecule is [C-]#[N+]c1ccc2c(c1)-c1ccc(-c3cccc(-c4cccc(-c5nc(-c6ccccc6)nc(-c6ccccc6)n5)c4)c3)cc1C2(C)C. The molecular weight excluding hydrogens is 573 g/mol. The number of hydrogen-bond acceptors (Lipinski definition) is 3. The van der Waals surface area contributed by atoms with Gasteiger partial charge in [0.25, 0.3) is 0 Å². The molecule has 6 aromatic carbocycles. The standard InChI is InChI=1S/C43H30N4/c1-43(2)38-23-21-35(44-3)27-37(38)36-22-20-33(26-39(36)43)31-17-10-16-30(24-31)32-18-11-19-34(25-32)42-46-40(28-12-6-4-7-13-28)45-41(47-42)29-14-8-5-9-15-29/h4-27H,1-2H3. The summed E-state index contributed by atoms with van der Waals surface area (Å²) < 4.78 is 0. The molecule has 1 aliphatic rings. The first-order chi connectivity index (χ1) is 23.0. The maximum absolute atomic E-state index is 7.49. The molecule has 4 heteroatoms. The van der Waals surface area contributed by atoms with Gasteiger partial charge in [-0.25, -0.2) is 19.8 Å². The van der Waals surface area contributed by atoms with Gasteiger partial charge in [0, 0.05) is 22.1 Å². The van der Waals surface area contributed by atoms with Gasteiger partial charge in [0.05, 0.1) is 6.57 Å². The lowest BCUT2D eigenvalue weighted by molar-refractivity contribution is 0.661. The van der Waals surface area contributed by atoms with Crippen LogP contribution in [0.2, 0.25) is 0 Å². The zero-order valence-electron chi connectivity index (χ0n) is 26.1. The fraction of sp³-hybridized carbons (Fsp3) is 0.0698. The topological polar surface area (TPSA) is 43.0 Å². The third kappa shape index (κ3) is 5.09.